The summed E-state index contributed by atoms with van der Waals surface area (Å²) >= 11 is 2.94. The largest absolute Gasteiger partial charge is 0.477 e. The van der Waals surface area contributed by atoms with Gasteiger partial charge in [0.05, 0.1) is 0 Å². The average Bonchev–Trinajstić information content (AvgIpc) is 2.49. The van der Waals surface area contributed by atoms with Crippen molar-refractivity contribution in [1.29, 1.82) is 0 Å². The topological polar surface area (TPSA) is 63.3 Å². The predicted octanol–water partition coefficient (Wildman–Crippen LogP) is 2.42. The Bertz CT molecular complexity index is 341. The summed E-state index contributed by atoms with van der Waals surface area (Å²) in [6.07, 6.45) is 0. The number of carboxylic acid groups (broad SMARTS) is 1. The quantitative estimate of drug-likeness (QED) is 0.836. The molecule has 0 fully saturated rings. The maximum absolute atomic E-state index is 10.8. The molecule has 0 radical (unpaired) electrons. The summed E-state index contributed by atoms with van der Waals surface area (Å²) in [7, 11) is 0. The molecule has 0 aliphatic heterocycles. The van der Waals surface area contributed by atoms with Crippen LogP contribution in [0.1, 0.15) is 29.1 Å². The van der Waals surface area contributed by atoms with Crippen molar-refractivity contribution in [2.75, 3.05) is 5.75 Å². The first-order valence-corrected chi connectivity index (χ1v) is 6.60. The molecule has 1 heterocycles. The highest BCUT2D eigenvalue weighted by atomic mass is 32.2. The van der Waals surface area contributed by atoms with E-state index in [2.05, 4.69) is 0 Å². The van der Waals surface area contributed by atoms with Crippen molar-refractivity contribution in [1.82, 2.24) is 0 Å². The minimum Gasteiger partial charge on any atom is -0.477 e. The lowest BCUT2D eigenvalue weighted by molar-refractivity contribution is 0.0701. The van der Waals surface area contributed by atoms with Gasteiger partial charge in [0.15, 0.2) is 0 Å². The monoisotopic (exact) mass is 245 g/mol. The number of nitrogens with two attached hydrogens (primary N) is 1. The molecule has 1 rings (SSSR count). The van der Waals surface area contributed by atoms with Gasteiger partial charge < -0.3 is 10.8 Å². The predicted molar refractivity (Wildman–Crippen MR) is 65.7 cm³/mol. The highest BCUT2D eigenvalue weighted by molar-refractivity contribution is 7.98. The molecular formula is C10H15NO2S2. The van der Waals surface area contributed by atoms with Gasteiger partial charge in [0.1, 0.15) is 4.88 Å². The van der Waals surface area contributed by atoms with Gasteiger partial charge in [-0.3, -0.25) is 0 Å². The third kappa shape index (κ3) is 4.24. The van der Waals surface area contributed by atoms with Gasteiger partial charge in [-0.15, -0.1) is 11.3 Å². The molecule has 0 saturated carbocycles. The van der Waals surface area contributed by atoms with Crippen molar-refractivity contribution in [3.8, 4) is 0 Å². The van der Waals surface area contributed by atoms with Gasteiger partial charge in [-0.1, -0.05) is 0 Å². The van der Waals surface area contributed by atoms with Crippen LogP contribution in [-0.2, 0) is 5.75 Å². The molecule has 0 atom stereocenters. The van der Waals surface area contributed by atoms with E-state index in [0.29, 0.717) is 10.6 Å². The molecule has 0 bridgehead atoms. The second kappa shape index (κ2) is 5.01. The van der Waals surface area contributed by atoms with E-state index in [1.165, 1.54) is 11.3 Å². The molecule has 0 amide bonds. The Morgan fingerprint density at radius 2 is 2.33 bits per heavy atom. The Kier molecular flexibility index (Phi) is 4.19. The van der Waals surface area contributed by atoms with Crippen LogP contribution in [0.3, 0.4) is 0 Å². The first kappa shape index (κ1) is 12.5. The normalized spacial score (nSPS) is 11.7. The van der Waals surface area contributed by atoms with Crippen LogP contribution in [0.2, 0.25) is 0 Å². The highest BCUT2D eigenvalue weighted by Crippen LogP contribution is 2.23. The van der Waals surface area contributed by atoms with Crippen molar-refractivity contribution in [3.63, 3.8) is 0 Å². The SMILES string of the molecule is CC(C)(N)CSCc1ccsc1C(=O)O. The first-order chi connectivity index (χ1) is 6.90. The van der Waals surface area contributed by atoms with Gasteiger partial charge in [-0.2, -0.15) is 11.8 Å². The van der Waals surface area contributed by atoms with E-state index in [-0.39, 0.29) is 5.54 Å². The number of thiophene rings is 1. The van der Waals surface area contributed by atoms with Gasteiger partial charge in [-0.25, -0.2) is 4.79 Å². The second-order valence-electron chi connectivity index (χ2n) is 4.06. The summed E-state index contributed by atoms with van der Waals surface area (Å²) in [6, 6.07) is 1.87. The van der Waals surface area contributed by atoms with E-state index in [9.17, 15) is 4.79 Å². The molecule has 3 nitrogen and oxygen atoms in total. The second-order valence-corrected chi connectivity index (χ2v) is 5.96. The zero-order valence-electron chi connectivity index (χ0n) is 8.82. The summed E-state index contributed by atoms with van der Waals surface area (Å²) in [5, 5.41) is 10.7. The molecule has 3 N–H and O–H groups in total. The fourth-order valence-electron chi connectivity index (χ4n) is 1.06. The number of rotatable bonds is 5. The lowest BCUT2D eigenvalue weighted by atomic mass is 10.1. The number of aromatic carboxylic acids is 1. The van der Waals surface area contributed by atoms with Gasteiger partial charge in [0.25, 0.3) is 0 Å². The molecule has 84 valence electrons. The Morgan fingerprint density at radius 3 is 2.87 bits per heavy atom. The van der Waals surface area contributed by atoms with Crippen molar-refractivity contribution in [2.45, 2.75) is 25.1 Å². The van der Waals surface area contributed by atoms with Crippen molar-refractivity contribution in [3.05, 3.63) is 21.9 Å². The number of carbonyl (C=O) groups is 1. The minimum atomic E-state index is -0.840. The Balaban J connectivity index is 2.51. The van der Waals surface area contributed by atoms with Crippen LogP contribution in [0.5, 0.6) is 0 Å². The third-order valence-corrected chi connectivity index (χ3v) is 4.08. The van der Waals surface area contributed by atoms with Gasteiger partial charge in [-0.05, 0) is 30.9 Å². The number of hydrogen-bond donors (Lipinski definition) is 2. The molecular weight excluding hydrogens is 230 g/mol. The van der Waals surface area contributed by atoms with E-state index in [4.69, 9.17) is 10.8 Å². The van der Waals surface area contributed by atoms with Crippen molar-refractivity contribution >= 4 is 29.1 Å². The van der Waals surface area contributed by atoms with E-state index in [0.717, 1.165) is 11.3 Å². The summed E-state index contributed by atoms with van der Waals surface area (Å²) in [5.74, 6) is 0.695. The maximum atomic E-state index is 10.8. The van der Waals surface area contributed by atoms with Crippen LogP contribution >= 0.6 is 23.1 Å². The number of thioether (sulfide) groups is 1. The summed E-state index contributed by atoms with van der Waals surface area (Å²) in [5.41, 5.74) is 6.52. The van der Waals surface area contributed by atoms with E-state index < -0.39 is 5.97 Å². The van der Waals surface area contributed by atoms with Gasteiger partial charge in [0, 0.05) is 17.0 Å². The van der Waals surface area contributed by atoms with Gasteiger partial charge >= 0.3 is 5.97 Å². The molecule has 0 unspecified atom stereocenters. The fraction of sp³-hybridized carbons (Fsp3) is 0.500. The molecule has 0 spiro atoms. The highest BCUT2D eigenvalue weighted by Gasteiger charge is 2.14. The molecule has 1 aromatic rings. The van der Waals surface area contributed by atoms with E-state index >= 15 is 0 Å². The number of carboxylic acids is 1. The Hall–Kier alpha value is -0.520. The van der Waals surface area contributed by atoms with E-state index in [1.807, 2.05) is 25.3 Å². The van der Waals surface area contributed by atoms with Crippen molar-refractivity contribution in [2.24, 2.45) is 5.73 Å². The first-order valence-electron chi connectivity index (χ1n) is 4.56. The smallest absolute Gasteiger partial charge is 0.346 e. The molecule has 0 aliphatic carbocycles. The van der Waals surface area contributed by atoms with Crippen LogP contribution in [0.15, 0.2) is 11.4 Å². The molecule has 0 aromatic carbocycles. The van der Waals surface area contributed by atoms with Crippen LogP contribution in [0, 0.1) is 0 Å². The number of hydrogen-bond acceptors (Lipinski definition) is 4. The van der Waals surface area contributed by atoms with Crippen LogP contribution in [0.4, 0.5) is 0 Å². The zero-order valence-corrected chi connectivity index (χ0v) is 10.5. The van der Waals surface area contributed by atoms with E-state index in [1.54, 1.807) is 11.8 Å². The fourth-order valence-corrected chi connectivity index (χ4v) is 3.00. The lowest BCUT2D eigenvalue weighted by Gasteiger charge is -2.17. The summed E-state index contributed by atoms with van der Waals surface area (Å²) in [4.78, 5) is 11.3. The maximum Gasteiger partial charge on any atom is 0.346 e. The summed E-state index contributed by atoms with van der Waals surface area (Å²) < 4.78 is 0. The van der Waals surface area contributed by atoms with Crippen molar-refractivity contribution < 1.29 is 9.90 Å². The molecule has 0 aliphatic rings. The summed E-state index contributed by atoms with van der Waals surface area (Å²) in [6.45, 7) is 3.93. The molecule has 1 aromatic heterocycles. The Labute approximate surface area is 97.7 Å². The van der Waals surface area contributed by atoms with Crippen LogP contribution in [0.25, 0.3) is 0 Å². The van der Waals surface area contributed by atoms with Gasteiger partial charge in [0.2, 0.25) is 0 Å². The van der Waals surface area contributed by atoms with Crippen LogP contribution in [-0.4, -0.2) is 22.4 Å². The minimum absolute atomic E-state index is 0.204. The molecule has 5 heteroatoms. The third-order valence-electron chi connectivity index (χ3n) is 1.67. The average molecular weight is 245 g/mol. The zero-order chi connectivity index (χ0) is 11.5. The molecule has 15 heavy (non-hydrogen) atoms. The Morgan fingerprint density at radius 1 is 1.67 bits per heavy atom. The molecule has 0 saturated heterocycles. The lowest BCUT2D eigenvalue weighted by Crippen LogP contribution is -2.34. The standard InChI is InChI=1S/C10H15NO2S2/c1-10(2,11)6-14-5-7-3-4-15-8(7)9(12)13/h3-4H,5-6,11H2,1-2H3,(H,12,13). The van der Waals surface area contributed by atoms with Crippen LogP contribution < -0.4 is 5.73 Å².